The van der Waals surface area contributed by atoms with Gasteiger partial charge in [0.25, 0.3) is 0 Å². The summed E-state index contributed by atoms with van der Waals surface area (Å²) in [5, 5.41) is 2.92. The van der Waals surface area contributed by atoms with Gasteiger partial charge < -0.3 is 15.8 Å². The monoisotopic (exact) mass is 324 g/mol. The molecule has 0 spiro atoms. The number of carbonyl (C=O) groups is 1. The van der Waals surface area contributed by atoms with Crippen LogP contribution in [-0.4, -0.2) is 12.0 Å². The van der Waals surface area contributed by atoms with Crippen molar-refractivity contribution in [3.63, 3.8) is 0 Å². The van der Waals surface area contributed by atoms with Gasteiger partial charge in [-0.2, -0.15) is 0 Å². The standard InChI is InChI=1S/C20H24N2O2/c1-14-9-11-15(12-10-14)19(21)20(23)22-13-16-5-2-3-8-18(16)24-17-6-4-7-17/h2-3,5,8-12,17,19H,4,6-7,13,21H2,1H3,(H,22,23). The highest BCUT2D eigenvalue weighted by Crippen LogP contribution is 2.27. The van der Waals surface area contributed by atoms with Gasteiger partial charge in [-0.1, -0.05) is 48.0 Å². The third-order valence-corrected chi connectivity index (χ3v) is 4.49. The number of hydrogen-bond donors (Lipinski definition) is 2. The second-order valence-electron chi connectivity index (χ2n) is 6.38. The van der Waals surface area contributed by atoms with Crippen molar-refractivity contribution in [2.24, 2.45) is 5.73 Å². The zero-order valence-electron chi connectivity index (χ0n) is 14.0. The highest BCUT2D eigenvalue weighted by molar-refractivity contribution is 5.82. The van der Waals surface area contributed by atoms with E-state index in [0.717, 1.165) is 35.3 Å². The van der Waals surface area contributed by atoms with Gasteiger partial charge in [0.2, 0.25) is 5.91 Å². The first-order valence-electron chi connectivity index (χ1n) is 8.48. The van der Waals surface area contributed by atoms with Crippen LogP contribution in [0.5, 0.6) is 5.75 Å². The minimum Gasteiger partial charge on any atom is -0.490 e. The number of ether oxygens (including phenoxy) is 1. The Hall–Kier alpha value is -2.33. The highest BCUT2D eigenvalue weighted by atomic mass is 16.5. The third kappa shape index (κ3) is 3.95. The number of hydrogen-bond acceptors (Lipinski definition) is 3. The van der Waals surface area contributed by atoms with Gasteiger partial charge in [0.05, 0.1) is 6.10 Å². The summed E-state index contributed by atoms with van der Waals surface area (Å²) in [5.74, 6) is 0.670. The molecule has 24 heavy (non-hydrogen) atoms. The van der Waals surface area contributed by atoms with E-state index in [1.54, 1.807) is 0 Å². The van der Waals surface area contributed by atoms with Crippen molar-refractivity contribution >= 4 is 5.91 Å². The lowest BCUT2D eigenvalue weighted by Gasteiger charge is -2.27. The summed E-state index contributed by atoms with van der Waals surface area (Å²) in [6, 6.07) is 14.9. The number of para-hydroxylation sites is 1. The molecule has 0 bridgehead atoms. The number of amides is 1. The SMILES string of the molecule is Cc1ccc(C(N)C(=O)NCc2ccccc2OC2CCC2)cc1. The van der Waals surface area contributed by atoms with Crippen molar-refractivity contribution in [1.82, 2.24) is 5.32 Å². The van der Waals surface area contributed by atoms with Crippen molar-refractivity contribution in [1.29, 1.82) is 0 Å². The summed E-state index contributed by atoms with van der Waals surface area (Å²) in [7, 11) is 0. The maximum atomic E-state index is 12.3. The summed E-state index contributed by atoms with van der Waals surface area (Å²) < 4.78 is 5.99. The van der Waals surface area contributed by atoms with E-state index in [-0.39, 0.29) is 5.91 Å². The van der Waals surface area contributed by atoms with E-state index < -0.39 is 6.04 Å². The molecular formula is C20H24N2O2. The van der Waals surface area contributed by atoms with Crippen LogP contribution in [0.25, 0.3) is 0 Å². The molecule has 3 rings (SSSR count). The first-order chi connectivity index (χ1) is 11.6. The number of nitrogens with two attached hydrogens (primary N) is 1. The van der Waals surface area contributed by atoms with E-state index in [0.29, 0.717) is 12.6 Å². The minimum absolute atomic E-state index is 0.183. The first kappa shape index (κ1) is 16.5. The largest absolute Gasteiger partial charge is 0.490 e. The molecule has 0 saturated heterocycles. The lowest BCUT2D eigenvalue weighted by Crippen LogP contribution is -2.34. The van der Waals surface area contributed by atoms with Crippen molar-refractivity contribution in [2.75, 3.05) is 0 Å². The van der Waals surface area contributed by atoms with Gasteiger partial charge in [-0.15, -0.1) is 0 Å². The second kappa shape index (κ2) is 7.49. The molecule has 126 valence electrons. The zero-order chi connectivity index (χ0) is 16.9. The fourth-order valence-electron chi connectivity index (χ4n) is 2.65. The Morgan fingerprint density at radius 1 is 1.21 bits per heavy atom. The first-order valence-corrected chi connectivity index (χ1v) is 8.48. The van der Waals surface area contributed by atoms with Crippen molar-refractivity contribution in [3.05, 3.63) is 65.2 Å². The highest BCUT2D eigenvalue weighted by Gasteiger charge is 2.21. The van der Waals surface area contributed by atoms with Crippen LogP contribution >= 0.6 is 0 Å². The third-order valence-electron chi connectivity index (χ3n) is 4.49. The van der Waals surface area contributed by atoms with Crippen LogP contribution < -0.4 is 15.8 Å². The van der Waals surface area contributed by atoms with Crippen LogP contribution in [0.2, 0.25) is 0 Å². The van der Waals surface area contributed by atoms with Crippen LogP contribution in [0.3, 0.4) is 0 Å². The normalized spacial score (nSPS) is 15.4. The maximum Gasteiger partial charge on any atom is 0.241 e. The summed E-state index contributed by atoms with van der Waals surface area (Å²) in [6.45, 7) is 2.43. The molecule has 1 unspecified atom stereocenters. The molecular weight excluding hydrogens is 300 g/mol. The fourth-order valence-corrected chi connectivity index (χ4v) is 2.65. The number of nitrogens with one attached hydrogen (secondary N) is 1. The Labute approximate surface area is 143 Å². The Bertz CT molecular complexity index is 693. The molecule has 2 aromatic rings. The fraction of sp³-hybridized carbons (Fsp3) is 0.350. The molecule has 0 aliphatic heterocycles. The smallest absolute Gasteiger partial charge is 0.241 e. The summed E-state index contributed by atoms with van der Waals surface area (Å²) in [5.41, 5.74) is 9.00. The zero-order valence-corrected chi connectivity index (χ0v) is 14.0. The molecule has 1 amide bonds. The molecule has 0 heterocycles. The second-order valence-corrected chi connectivity index (χ2v) is 6.38. The van der Waals surface area contributed by atoms with Crippen molar-refractivity contribution < 1.29 is 9.53 Å². The Morgan fingerprint density at radius 2 is 1.92 bits per heavy atom. The number of rotatable bonds is 6. The van der Waals surface area contributed by atoms with Crippen LogP contribution in [0.1, 0.15) is 42.0 Å². The molecule has 4 heteroatoms. The van der Waals surface area contributed by atoms with Gasteiger partial charge in [-0.25, -0.2) is 0 Å². The lowest BCUT2D eigenvalue weighted by atomic mass is 9.96. The van der Waals surface area contributed by atoms with Crippen LogP contribution in [0.15, 0.2) is 48.5 Å². The molecule has 1 fully saturated rings. The molecule has 0 aromatic heterocycles. The van der Waals surface area contributed by atoms with Gasteiger partial charge in [-0.3, -0.25) is 4.79 Å². The topological polar surface area (TPSA) is 64.4 Å². The Kier molecular flexibility index (Phi) is 5.16. The van der Waals surface area contributed by atoms with Crippen LogP contribution in [-0.2, 0) is 11.3 Å². The molecule has 4 nitrogen and oxygen atoms in total. The maximum absolute atomic E-state index is 12.3. The van der Waals surface area contributed by atoms with Gasteiger partial charge in [0.15, 0.2) is 0 Å². The summed E-state index contributed by atoms with van der Waals surface area (Å²) in [6.07, 6.45) is 3.77. The molecule has 0 radical (unpaired) electrons. The number of benzene rings is 2. The van der Waals surface area contributed by atoms with Crippen molar-refractivity contribution in [2.45, 2.75) is 44.9 Å². The van der Waals surface area contributed by atoms with E-state index >= 15 is 0 Å². The predicted octanol–water partition coefficient (Wildman–Crippen LogP) is 3.24. The molecule has 1 aliphatic rings. The van der Waals surface area contributed by atoms with Gasteiger partial charge >= 0.3 is 0 Å². The van der Waals surface area contributed by atoms with Gasteiger partial charge in [-0.05, 0) is 37.8 Å². The molecule has 3 N–H and O–H groups in total. The molecule has 1 atom stereocenters. The Balaban J connectivity index is 1.60. The van der Waals surface area contributed by atoms with E-state index in [2.05, 4.69) is 5.32 Å². The summed E-state index contributed by atoms with van der Waals surface area (Å²) in [4.78, 5) is 12.3. The summed E-state index contributed by atoms with van der Waals surface area (Å²) >= 11 is 0. The van der Waals surface area contributed by atoms with Gasteiger partial charge in [0, 0.05) is 12.1 Å². The van der Waals surface area contributed by atoms with Crippen molar-refractivity contribution in [3.8, 4) is 5.75 Å². The van der Waals surface area contributed by atoms with Crippen LogP contribution in [0.4, 0.5) is 0 Å². The quantitative estimate of drug-likeness (QED) is 0.857. The van der Waals surface area contributed by atoms with Gasteiger partial charge in [0.1, 0.15) is 11.8 Å². The van der Waals surface area contributed by atoms with E-state index in [1.165, 1.54) is 6.42 Å². The average molecular weight is 324 g/mol. The minimum atomic E-state index is -0.662. The average Bonchev–Trinajstić information content (AvgIpc) is 2.57. The lowest BCUT2D eigenvalue weighted by molar-refractivity contribution is -0.122. The van der Waals surface area contributed by atoms with E-state index in [9.17, 15) is 4.79 Å². The number of carbonyl (C=O) groups excluding carboxylic acids is 1. The van der Waals surface area contributed by atoms with E-state index in [1.807, 2.05) is 55.5 Å². The van der Waals surface area contributed by atoms with E-state index in [4.69, 9.17) is 10.5 Å². The predicted molar refractivity (Wildman–Crippen MR) is 94.7 cm³/mol. The Morgan fingerprint density at radius 3 is 2.58 bits per heavy atom. The molecule has 1 saturated carbocycles. The van der Waals surface area contributed by atoms with Crippen LogP contribution in [0, 0.1) is 6.92 Å². The molecule has 1 aliphatic carbocycles. The number of aryl methyl sites for hydroxylation is 1. The molecule has 2 aromatic carbocycles.